The zero-order valence-electron chi connectivity index (χ0n) is 12.5. The zero-order chi connectivity index (χ0) is 14.9. The highest BCUT2D eigenvalue weighted by atomic mass is 16.7. The molecule has 3 rings (SSSR count). The maximum Gasteiger partial charge on any atom is 0.271 e. The van der Waals surface area contributed by atoms with Gasteiger partial charge in [0.05, 0.1) is 13.2 Å². The van der Waals surface area contributed by atoms with Gasteiger partial charge < -0.3 is 14.4 Å². The van der Waals surface area contributed by atoms with E-state index in [0.29, 0.717) is 18.9 Å². The molecule has 1 amide bonds. The van der Waals surface area contributed by atoms with Crippen molar-refractivity contribution < 1.29 is 14.3 Å². The average molecular weight is 288 g/mol. The van der Waals surface area contributed by atoms with E-state index in [9.17, 15) is 4.79 Å². The smallest absolute Gasteiger partial charge is 0.271 e. The minimum Gasteiger partial charge on any atom is -0.347 e. The second kappa shape index (κ2) is 5.58. The quantitative estimate of drug-likeness (QED) is 0.836. The van der Waals surface area contributed by atoms with Crippen LogP contribution in [0.2, 0.25) is 0 Å². The molecule has 0 saturated carbocycles. The van der Waals surface area contributed by atoms with Gasteiger partial charge in [-0.05, 0) is 29.7 Å². The number of rotatable bonds is 2. The largest absolute Gasteiger partial charge is 0.347 e. The predicted molar refractivity (Wildman–Crippen MR) is 78.7 cm³/mol. The van der Waals surface area contributed by atoms with Crippen molar-refractivity contribution in [1.82, 2.24) is 9.88 Å². The minimum atomic E-state index is -0.404. The number of carbonyl (C=O) groups excluding carboxylic acids is 1. The molecule has 2 heterocycles. The lowest BCUT2D eigenvalue weighted by Gasteiger charge is -2.30. The molecule has 2 aliphatic rings. The van der Waals surface area contributed by atoms with Gasteiger partial charge in [-0.3, -0.25) is 9.78 Å². The number of carbonyl (C=O) groups is 1. The molecule has 1 aliphatic carbocycles. The van der Waals surface area contributed by atoms with Gasteiger partial charge in [0, 0.05) is 33.1 Å². The Hall–Kier alpha value is -1.72. The van der Waals surface area contributed by atoms with Crippen LogP contribution < -0.4 is 0 Å². The van der Waals surface area contributed by atoms with E-state index in [4.69, 9.17) is 9.47 Å². The van der Waals surface area contributed by atoms with Crippen molar-refractivity contribution in [3.8, 4) is 0 Å². The zero-order valence-corrected chi connectivity index (χ0v) is 12.5. The number of ether oxygens (including phenoxy) is 2. The summed E-state index contributed by atoms with van der Waals surface area (Å²) in [5.74, 6) is -0.481. The fraction of sp³-hybridized carbons (Fsp3) is 0.500. The Morgan fingerprint density at radius 3 is 2.71 bits per heavy atom. The highest BCUT2D eigenvalue weighted by Crippen LogP contribution is 2.38. The summed E-state index contributed by atoms with van der Waals surface area (Å²) in [6.07, 6.45) is 6.37. The SMILES string of the molecule is CN(C)C(=O)c1cc(C2=CCC3(CC2)OCCO3)ccn1. The number of hydrogen-bond acceptors (Lipinski definition) is 4. The van der Waals surface area contributed by atoms with Crippen LogP contribution in [-0.2, 0) is 9.47 Å². The first kappa shape index (κ1) is 14.2. The predicted octanol–water partition coefficient (Wildman–Crippen LogP) is 2.09. The van der Waals surface area contributed by atoms with E-state index in [1.165, 1.54) is 10.5 Å². The van der Waals surface area contributed by atoms with E-state index in [-0.39, 0.29) is 5.91 Å². The number of nitrogens with zero attached hydrogens (tertiary/aromatic N) is 2. The number of aromatic nitrogens is 1. The fourth-order valence-electron chi connectivity index (χ4n) is 2.81. The molecule has 21 heavy (non-hydrogen) atoms. The first-order chi connectivity index (χ1) is 10.1. The lowest BCUT2D eigenvalue weighted by molar-refractivity contribution is -0.159. The van der Waals surface area contributed by atoms with Gasteiger partial charge in [-0.15, -0.1) is 0 Å². The summed E-state index contributed by atoms with van der Waals surface area (Å²) in [7, 11) is 3.46. The van der Waals surface area contributed by atoms with E-state index in [1.54, 1.807) is 20.3 Å². The van der Waals surface area contributed by atoms with Crippen molar-refractivity contribution in [3.63, 3.8) is 0 Å². The third kappa shape index (κ3) is 2.84. The monoisotopic (exact) mass is 288 g/mol. The molecule has 0 aromatic carbocycles. The Kier molecular flexibility index (Phi) is 3.78. The second-order valence-corrected chi connectivity index (χ2v) is 5.67. The standard InChI is InChI=1S/C16H20N2O3/c1-18(2)15(19)14-11-13(5-8-17-14)12-3-6-16(7-4-12)20-9-10-21-16/h3,5,8,11H,4,6-7,9-10H2,1-2H3. The molecule has 1 spiro atoms. The number of allylic oxidation sites excluding steroid dienone is 1. The van der Waals surface area contributed by atoms with E-state index in [2.05, 4.69) is 11.1 Å². The maximum absolute atomic E-state index is 12.0. The molecular weight excluding hydrogens is 268 g/mol. The highest BCUT2D eigenvalue weighted by molar-refractivity contribution is 5.92. The Morgan fingerprint density at radius 2 is 2.10 bits per heavy atom. The van der Waals surface area contributed by atoms with E-state index >= 15 is 0 Å². The second-order valence-electron chi connectivity index (χ2n) is 5.67. The fourth-order valence-corrected chi connectivity index (χ4v) is 2.81. The van der Waals surface area contributed by atoms with Crippen molar-refractivity contribution in [3.05, 3.63) is 35.7 Å². The van der Waals surface area contributed by atoms with E-state index in [1.807, 2.05) is 12.1 Å². The summed E-state index contributed by atoms with van der Waals surface area (Å²) in [5, 5.41) is 0. The van der Waals surface area contributed by atoms with Gasteiger partial charge in [-0.1, -0.05) is 6.08 Å². The molecule has 0 unspecified atom stereocenters. The van der Waals surface area contributed by atoms with Gasteiger partial charge in [0.2, 0.25) is 0 Å². The van der Waals surface area contributed by atoms with Gasteiger partial charge in [-0.2, -0.15) is 0 Å². The van der Waals surface area contributed by atoms with Crippen LogP contribution >= 0.6 is 0 Å². The van der Waals surface area contributed by atoms with Gasteiger partial charge in [0.25, 0.3) is 5.91 Å². The van der Waals surface area contributed by atoms with Crippen molar-refractivity contribution in [2.75, 3.05) is 27.3 Å². The summed E-state index contributed by atoms with van der Waals surface area (Å²) in [5.41, 5.74) is 2.77. The molecule has 0 bridgehead atoms. The molecule has 112 valence electrons. The van der Waals surface area contributed by atoms with Crippen LogP contribution in [-0.4, -0.2) is 48.9 Å². The van der Waals surface area contributed by atoms with Crippen molar-refractivity contribution in [2.45, 2.75) is 25.0 Å². The van der Waals surface area contributed by atoms with Crippen LogP contribution in [0.4, 0.5) is 0 Å². The summed E-state index contributed by atoms with van der Waals surface area (Å²) >= 11 is 0. The molecule has 0 atom stereocenters. The Balaban J connectivity index is 1.80. The lowest BCUT2D eigenvalue weighted by atomic mass is 9.90. The molecule has 5 nitrogen and oxygen atoms in total. The maximum atomic E-state index is 12.0. The molecule has 1 aromatic heterocycles. The highest BCUT2D eigenvalue weighted by Gasteiger charge is 2.37. The van der Waals surface area contributed by atoms with Crippen LogP contribution in [0.1, 0.15) is 35.3 Å². The third-order valence-corrected chi connectivity index (χ3v) is 4.00. The van der Waals surface area contributed by atoms with E-state index in [0.717, 1.165) is 24.8 Å². The van der Waals surface area contributed by atoms with Crippen LogP contribution in [0.5, 0.6) is 0 Å². The van der Waals surface area contributed by atoms with Crippen LogP contribution in [0.3, 0.4) is 0 Å². The molecule has 0 N–H and O–H groups in total. The third-order valence-electron chi connectivity index (χ3n) is 4.00. The lowest BCUT2D eigenvalue weighted by Crippen LogP contribution is -2.31. The van der Waals surface area contributed by atoms with E-state index < -0.39 is 5.79 Å². The molecule has 5 heteroatoms. The van der Waals surface area contributed by atoms with Gasteiger partial charge in [0.1, 0.15) is 5.69 Å². The molecule has 1 fully saturated rings. The summed E-state index contributed by atoms with van der Waals surface area (Å²) < 4.78 is 11.4. The van der Waals surface area contributed by atoms with Crippen LogP contribution in [0, 0.1) is 0 Å². The summed E-state index contributed by atoms with van der Waals surface area (Å²) in [4.78, 5) is 17.7. The first-order valence-corrected chi connectivity index (χ1v) is 7.25. The Bertz CT molecular complexity index is 575. The minimum absolute atomic E-state index is 0.0767. The Morgan fingerprint density at radius 1 is 1.33 bits per heavy atom. The Labute approximate surface area is 124 Å². The van der Waals surface area contributed by atoms with Crippen molar-refractivity contribution >= 4 is 11.5 Å². The van der Waals surface area contributed by atoms with Crippen molar-refractivity contribution in [2.24, 2.45) is 0 Å². The number of hydrogen-bond donors (Lipinski definition) is 0. The molecule has 1 saturated heterocycles. The van der Waals surface area contributed by atoms with Crippen LogP contribution in [0.15, 0.2) is 24.4 Å². The summed E-state index contributed by atoms with van der Waals surface area (Å²) in [6, 6.07) is 3.81. The molecular formula is C16H20N2O3. The average Bonchev–Trinajstić information content (AvgIpc) is 2.95. The van der Waals surface area contributed by atoms with Gasteiger partial charge in [0.15, 0.2) is 5.79 Å². The molecule has 1 aromatic rings. The molecule has 1 aliphatic heterocycles. The number of pyridine rings is 1. The molecule has 0 radical (unpaired) electrons. The number of amides is 1. The van der Waals surface area contributed by atoms with Crippen LogP contribution in [0.25, 0.3) is 5.57 Å². The van der Waals surface area contributed by atoms with Gasteiger partial charge in [-0.25, -0.2) is 0 Å². The normalized spacial score (nSPS) is 20.4. The first-order valence-electron chi connectivity index (χ1n) is 7.25. The van der Waals surface area contributed by atoms with Crippen molar-refractivity contribution in [1.29, 1.82) is 0 Å². The van der Waals surface area contributed by atoms with Gasteiger partial charge >= 0.3 is 0 Å². The topological polar surface area (TPSA) is 51.7 Å². The summed E-state index contributed by atoms with van der Waals surface area (Å²) in [6.45, 7) is 1.36.